The molecule has 1 aromatic rings. The minimum absolute atomic E-state index is 0.293. The molecule has 0 spiro atoms. The summed E-state index contributed by atoms with van der Waals surface area (Å²) in [5, 5.41) is 1.32. The van der Waals surface area contributed by atoms with Crippen molar-refractivity contribution >= 4 is 28.1 Å². The van der Waals surface area contributed by atoms with Gasteiger partial charge >= 0.3 is 5.97 Å². The predicted molar refractivity (Wildman–Crippen MR) is 88.5 cm³/mol. The fourth-order valence-electron chi connectivity index (χ4n) is 1.71. The number of esters is 1. The third-order valence-corrected chi connectivity index (χ3v) is 3.97. The zero-order chi connectivity index (χ0) is 16.5. The molecule has 0 bridgehead atoms. The molecule has 0 aliphatic rings. The van der Waals surface area contributed by atoms with Gasteiger partial charge in [0.25, 0.3) is 0 Å². The molecule has 1 heterocycles. The van der Waals surface area contributed by atoms with Crippen LogP contribution in [0.15, 0.2) is 6.58 Å². The molecule has 0 radical (unpaired) electrons. The van der Waals surface area contributed by atoms with Crippen LogP contribution in [0.3, 0.4) is 0 Å². The van der Waals surface area contributed by atoms with Gasteiger partial charge in [-0.1, -0.05) is 17.9 Å². The fraction of sp³-hybridized carbons (Fsp3) is 0.600. The van der Waals surface area contributed by atoms with Crippen LogP contribution in [0.2, 0.25) is 0 Å². The van der Waals surface area contributed by atoms with Crippen LogP contribution in [0.4, 0.5) is 5.00 Å². The SMILES string of the molecule is C=C(OCC)c1nc(C(=O)OCC)c(N(C)CCOCC)s1. The van der Waals surface area contributed by atoms with Crippen LogP contribution in [0.1, 0.15) is 36.3 Å². The van der Waals surface area contributed by atoms with Crippen LogP contribution < -0.4 is 4.90 Å². The van der Waals surface area contributed by atoms with Crippen molar-refractivity contribution in [2.75, 3.05) is 44.9 Å². The Morgan fingerprint density at radius 3 is 2.50 bits per heavy atom. The highest BCUT2D eigenvalue weighted by molar-refractivity contribution is 7.17. The molecule has 0 saturated carbocycles. The lowest BCUT2D eigenvalue weighted by molar-refractivity contribution is 0.0521. The summed E-state index contributed by atoms with van der Waals surface area (Å²) < 4.78 is 15.8. The number of anilines is 1. The van der Waals surface area contributed by atoms with Gasteiger partial charge in [0.05, 0.1) is 19.8 Å². The van der Waals surface area contributed by atoms with E-state index in [1.54, 1.807) is 6.92 Å². The lowest BCUT2D eigenvalue weighted by atomic mass is 10.4. The molecule has 0 aliphatic heterocycles. The topological polar surface area (TPSA) is 60.9 Å². The van der Waals surface area contributed by atoms with Gasteiger partial charge in [0.15, 0.2) is 10.7 Å². The van der Waals surface area contributed by atoms with E-state index in [2.05, 4.69) is 11.6 Å². The molecule has 1 rings (SSSR count). The van der Waals surface area contributed by atoms with Gasteiger partial charge in [-0.25, -0.2) is 9.78 Å². The summed E-state index contributed by atoms with van der Waals surface area (Å²) in [4.78, 5) is 18.4. The first-order valence-corrected chi connectivity index (χ1v) is 8.15. The molecular formula is C15H24N2O4S. The van der Waals surface area contributed by atoms with Crippen molar-refractivity contribution in [2.24, 2.45) is 0 Å². The Hall–Kier alpha value is -1.60. The van der Waals surface area contributed by atoms with Gasteiger partial charge in [-0.2, -0.15) is 0 Å². The lowest BCUT2D eigenvalue weighted by Crippen LogP contribution is -2.24. The number of thiazole rings is 1. The minimum Gasteiger partial charge on any atom is -0.491 e. The second kappa shape index (κ2) is 9.42. The van der Waals surface area contributed by atoms with E-state index in [0.717, 1.165) is 5.00 Å². The van der Waals surface area contributed by atoms with Gasteiger partial charge in [0, 0.05) is 20.2 Å². The molecule has 0 aromatic carbocycles. The van der Waals surface area contributed by atoms with Gasteiger partial charge in [-0.15, -0.1) is 0 Å². The normalized spacial score (nSPS) is 10.4. The summed E-state index contributed by atoms with van der Waals surface area (Å²) in [6.07, 6.45) is 0. The highest BCUT2D eigenvalue weighted by Crippen LogP contribution is 2.32. The monoisotopic (exact) mass is 328 g/mol. The molecule has 7 heteroatoms. The summed E-state index contributed by atoms with van der Waals surface area (Å²) in [7, 11) is 1.89. The van der Waals surface area contributed by atoms with E-state index in [9.17, 15) is 4.79 Å². The summed E-state index contributed by atoms with van der Waals surface area (Å²) >= 11 is 1.36. The zero-order valence-electron chi connectivity index (χ0n) is 13.7. The Balaban J connectivity index is 3.00. The highest BCUT2D eigenvalue weighted by Gasteiger charge is 2.23. The number of likely N-dealkylation sites (N-methyl/N-ethyl adjacent to an activating group) is 1. The number of carbonyl (C=O) groups excluding carboxylic acids is 1. The van der Waals surface area contributed by atoms with Crippen molar-refractivity contribution in [1.82, 2.24) is 4.98 Å². The van der Waals surface area contributed by atoms with Crippen molar-refractivity contribution in [2.45, 2.75) is 20.8 Å². The number of aromatic nitrogens is 1. The zero-order valence-corrected chi connectivity index (χ0v) is 14.5. The van der Waals surface area contributed by atoms with E-state index >= 15 is 0 Å². The molecule has 0 amide bonds. The average molecular weight is 328 g/mol. The quantitative estimate of drug-likeness (QED) is 0.374. The lowest BCUT2D eigenvalue weighted by Gasteiger charge is -2.17. The number of rotatable bonds is 10. The first kappa shape index (κ1) is 18.4. The first-order valence-electron chi connectivity index (χ1n) is 7.33. The van der Waals surface area contributed by atoms with Crippen LogP contribution in [0.5, 0.6) is 0 Å². The van der Waals surface area contributed by atoms with E-state index < -0.39 is 5.97 Å². The highest BCUT2D eigenvalue weighted by atomic mass is 32.1. The Labute approximate surface area is 135 Å². The smallest absolute Gasteiger partial charge is 0.360 e. The summed E-state index contributed by atoms with van der Waals surface area (Å²) in [6.45, 7) is 12.1. The Morgan fingerprint density at radius 1 is 1.23 bits per heavy atom. The van der Waals surface area contributed by atoms with Gasteiger partial charge in [-0.05, 0) is 20.8 Å². The maximum atomic E-state index is 12.1. The molecule has 0 aliphatic carbocycles. The summed E-state index contributed by atoms with van der Waals surface area (Å²) in [5.41, 5.74) is 0.293. The second-order valence-corrected chi connectivity index (χ2v) is 5.35. The van der Waals surface area contributed by atoms with Crippen molar-refractivity contribution in [3.05, 3.63) is 17.3 Å². The van der Waals surface area contributed by atoms with Crippen molar-refractivity contribution in [3.63, 3.8) is 0 Å². The van der Waals surface area contributed by atoms with Crippen molar-refractivity contribution < 1.29 is 19.0 Å². The van der Waals surface area contributed by atoms with E-state index in [1.165, 1.54) is 11.3 Å². The molecule has 0 fully saturated rings. The molecule has 6 nitrogen and oxygen atoms in total. The van der Waals surface area contributed by atoms with Crippen LogP contribution in [-0.2, 0) is 14.2 Å². The van der Waals surface area contributed by atoms with E-state index in [0.29, 0.717) is 49.4 Å². The van der Waals surface area contributed by atoms with E-state index in [1.807, 2.05) is 25.8 Å². The second-order valence-electron chi connectivity index (χ2n) is 4.37. The Bertz CT molecular complexity index is 502. The number of hydrogen-bond acceptors (Lipinski definition) is 7. The van der Waals surface area contributed by atoms with Crippen molar-refractivity contribution in [3.8, 4) is 0 Å². The summed E-state index contributed by atoms with van der Waals surface area (Å²) in [5.74, 6) is 0.0232. The maximum Gasteiger partial charge on any atom is 0.360 e. The van der Waals surface area contributed by atoms with Crippen LogP contribution in [0.25, 0.3) is 5.76 Å². The largest absolute Gasteiger partial charge is 0.491 e. The maximum absolute atomic E-state index is 12.1. The molecule has 0 unspecified atom stereocenters. The molecule has 124 valence electrons. The third kappa shape index (κ3) is 4.99. The molecule has 1 aromatic heterocycles. The first-order chi connectivity index (χ1) is 10.5. The Kier molecular flexibility index (Phi) is 7.90. The minimum atomic E-state index is -0.437. The third-order valence-electron chi connectivity index (χ3n) is 2.76. The Morgan fingerprint density at radius 2 is 1.91 bits per heavy atom. The molecule has 0 saturated heterocycles. The van der Waals surface area contributed by atoms with Gasteiger partial charge in [-0.3, -0.25) is 0 Å². The predicted octanol–water partition coefficient (Wildman–Crippen LogP) is 2.80. The van der Waals surface area contributed by atoms with Crippen molar-refractivity contribution in [1.29, 1.82) is 0 Å². The molecule has 22 heavy (non-hydrogen) atoms. The van der Waals surface area contributed by atoms with Crippen LogP contribution in [-0.4, -0.2) is 51.0 Å². The molecule has 0 atom stereocenters. The van der Waals surface area contributed by atoms with Gasteiger partial charge < -0.3 is 19.1 Å². The fourth-order valence-corrected chi connectivity index (χ4v) is 2.67. The number of ether oxygens (including phenoxy) is 3. The summed E-state index contributed by atoms with van der Waals surface area (Å²) in [6, 6.07) is 0. The number of hydrogen-bond donors (Lipinski definition) is 0. The van der Waals surface area contributed by atoms with Crippen LogP contribution >= 0.6 is 11.3 Å². The average Bonchev–Trinajstić information content (AvgIpc) is 2.93. The molecule has 0 N–H and O–H groups in total. The molecular weight excluding hydrogens is 304 g/mol. The number of carbonyl (C=O) groups is 1. The number of nitrogens with zero attached hydrogens (tertiary/aromatic N) is 2. The van der Waals surface area contributed by atoms with E-state index in [-0.39, 0.29) is 0 Å². The van der Waals surface area contributed by atoms with Gasteiger partial charge in [0.2, 0.25) is 0 Å². The van der Waals surface area contributed by atoms with Crippen LogP contribution in [0, 0.1) is 0 Å². The van der Waals surface area contributed by atoms with Gasteiger partial charge in [0.1, 0.15) is 10.8 Å². The van der Waals surface area contributed by atoms with E-state index in [4.69, 9.17) is 14.2 Å². The standard InChI is InChI=1S/C15H24N2O4S/c1-6-19-10-9-17(5)14-12(15(18)21-8-3)16-13(22-14)11(4)20-7-2/h4,6-10H2,1-3,5H3.